The first kappa shape index (κ1) is 17.5. The van der Waals surface area contributed by atoms with Gasteiger partial charge in [0.1, 0.15) is 11.5 Å². The van der Waals surface area contributed by atoms with Crippen LogP contribution in [0.2, 0.25) is 10.0 Å². The van der Waals surface area contributed by atoms with Gasteiger partial charge in [0, 0.05) is 5.56 Å². The molecule has 1 aromatic carbocycles. The molecule has 2 heterocycles. The molecule has 6 atom stereocenters. The zero-order valence-electron chi connectivity index (χ0n) is 15.2. The van der Waals surface area contributed by atoms with Crippen LogP contribution in [0.3, 0.4) is 0 Å². The summed E-state index contributed by atoms with van der Waals surface area (Å²) in [6.45, 7) is 0. The molecule has 3 fully saturated rings. The van der Waals surface area contributed by atoms with Crippen molar-refractivity contribution >= 4 is 41.2 Å². The minimum Gasteiger partial charge on any atom is -0.455 e. The van der Waals surface area contributed by atoms with Crippen LogP contribution in [0.15, 0.2) is 52.0 Å². The van der Waals surface area contributed by atoms with E-state index in [1.807, 2.05) is 0 Å². The average molecular weight is 427 g/mol. The van der Waals surface area contributed by atoms with Crippen LogP contribution in [0, 0.1) is 35.5 Å². The maximum absolute atomic E-state index is 12.9. The van der Waals surface area contributed by atoms with Gasteiger partial charge in [0.15, 0.2) is 0 Å². The van der Waals surface area contributed by atoms with Gasteiger partial charge in [-0.2, -0.15) is 10.1 Å². The highest BCUT2D eigenvalue weighted by molar-refractivity contribution is 6.43. The van der Waals surface area contributed by atoms with E-state index in [1.54, 1.807) is 30.3 Å². The summed E-state index contributed by atoms with van der Waals surface area (Å²) in [7, 11) is 0. The van der Waals surface area contributed by atoms with Crippen LogP contribution in [0.25, 0.3) is 11.3 Å². The second kappa shape index (κ2) is 6.07. The molecule has 7 rings (SSSR count). The summed E-state index contributed by atoms with van der Waals surface area (Å²) in [6, 6.07) is 8.77. The standard InChI is InChI=1S/C22H16Cl2N2O3/c23-16-3-1-2-13(20(16)24)17-7-4-10(29-17)9-25-26-21(27)18-11-5-6-12(15-8-14(11)15)19(18)22(26)28/h1-7,9,11-12,14-15,18-19H,8H2/b25-9-/t11-,12-,14-,15+,18-,19-/m1/s1. The summed E-state index contributed by atoms with van der Waals surface area (Å²) in [5, 5.41) is 6.08. The SMILES string of the molecule is O=C1[C@@H]2[C@@H]3C=C[C@H]([C@@H]4C[C@H]34)[C@H]2C(=O)N1/N=C\c1ccc(-c2cccc(Cl)c2Cl)o1. The van der Waals surface area contributed by atoms with Gasteiger partial charge in [0.05, 0.1) is 28.1 Å². The molecule has 1 aliphatic heterocycles. The molecule has 2 bridgehead atoms. The number of rotatable bonds is 3. The summed E-state index contributed by atoms with van der Waals surface area (Å²) < 4.78 is 5.78. The second-order valence-corrected chi connectivity index (χ2v) is 8.98. The van der Waals surface area contributed by atoms with Crippen LogP contribution in [-0.2, 0) is 9.59 Å². The Hall–Kier alpha value is -2.37. The Morgan fingerprint density at radius 2 is 1.69 bits per heavy atom. The maximum atomic E-state index is 12.9. The lowest BCUT2D eigenvalue weighted by atomic mass is 9.63. The summed E-state index contributed by atoms with van der Waals surface area (Å²) >= 11 is 12.3. The first-order valence-corrected chi connectivity index (χ1v) is 10.4. The van der Waals surface area contributed by atoms with Crippen LogP contribution < -0.4 is 0 Å². The number of allylic oxidation sites excluding steroid dienone is 2. The van der Waals surface area contributed by atoms with Gasteiger partial charge in [0.25, 0.3) is 11.8 Å². The van der Waals surface area contributed by atoms with Gasteiger partial charge in [-0.05, 0) is 54.4 Å². The van der Waals surface area contributed by atoms with Crippen molar-refractivity contribution in [3.05, 3.63) is 58.3 Å². The van der Waals surface area contributed by atoms with E-state index in [4.69, 9.17) is 27.6 Å². The Bertz CT molecular complexity index is 1090. The Morgan fingerprint density at radius 1 is 1.00 bits per heavy atom. The van der Waals surface area contributed by atoms with Crippen LogP contribution in [0.4, 0.5) is 0 Å². The fourth-order valence-corrected chi connectivity index (χ4v) is 5.82. The molecule has 5 nitrogen and oxygen atoms in total. The molecule has 4 aliphatic carbocycles. The lowest BCUT2D eigenvalue weighted by Crippen LogP contribution is -2.40. The maximum Gasteiger partial charge on any atom is 0.254 e. The smallest absolute Gasteiger partial charge is 0.254 e. The van der Waals surface area contributed by atoms with Gasteiger partial charge < -0.3 is 4.42 Å². The lowest BCUT2D eigenvalue weighted by molar-refractivity contribution is -0.140. The monoisotopic (exact) mass is 426 g/mol. The molecule has 2 saturated carbocycles. The molecular weight excluding hydrogens is 411 g/mol. The molecule has 0 radical (unpaired) electrons. The largest absolute Gasteiger partial charge is 0.455 e. The topological polar surface area (TPSA) is 62.9 Å². The zero-order chi connectivity index (χ0) is 19.9. The van der Waals surface area contributed by atoms with Gasteiger partial charge >= 0.3 is 0 Å². The quantitative estimate of drug-likeness (QED) is 0.407. The first-order valence-electron chi connectivity index (χ1n) is 9.69. The predicted octanol–water partition coefficient (Wildman–Crippen LogP) is 4.64. The third kappa shape index (κ3) is 2.44. The molecular formula is C22H16Cl2N2O3. The van der Waals surface area contributed by atoms with Gasteiger partial charge in [-0.1, -0.05) is 41.4 Å². The van der Waals surface area contributed by atoms with Crippen molar-refractivity contribution in [2.45, 2.75) is 6.42 Å². The number of benzene rings is 1. The van der Waals surface area contributed by atoms with E-state index >= 15 is 0 Å². The number of amides is 2. The molecule has 5 aliphatic rings. The number of hydrogen-bond donors (Lipinski definition) is 0. The minimum absolute atomic E-state index is 0.187. The molecule has 0 unspecified atom stereocenters. The van der Waals surface area contributed by atoms with Crippen molar-refractivity contribution in [3.63, 3.8) is 0 Å². The van der Waals surface area contributed by atoms with E-state index < -0.39 is 0 Å². The highest BCUT2D eigenvalue weighted by Gasteiger charge is 2.67. The summed E-state index contributed by atoms with van der Waals surface area (Å²) in [5.74, 6) is 1.59. The van der Waals surface area contributed by atoms with Crippen molar-refractivity contribution in [1.82, 2.24) is 5.01 Å². The number of carbonyl (C=O) groups is 2. The first-order chi connectivity index (χ1) is 14.0. The fourth-order valence-electron chi connectivity index (χ4n) is 5.43. The van der Waals surface area contributed by atoms with Crippen LogP contribution >= 0.6 is 23.2 Å². The van der Waals surface area contributed by atoms with E-state index in [0.29, 0.717) is 39.0 Å². The van der Waals surface area contributed by atoms with E-state index in [1.165, 1.54) is 6.21 Å². The number of halogens is 2. The number of imide groups is 1. The molecule has 2 amide bonds. The van der Waals surface area contributed by atoms with Crippen molar-refractivity contribution in [1.29, 1.82) is 0 Å². The number of hydrogen-bond acceptors (Lipinski definition) is 4. The third-order valence-corrected chi connectivity index (χ3v) is 7.60. The second-order valence-electron chi connectivity index (χ2n) is 8.19. The van der Waals surface area contributed by atoms with E-state index in [0.717, 1.165) is 11.4 Å². The van der Waals surface area contributed by atoms with E-state index in [9.17, 15) is 9.59 Å². The number of carbonyl (C=O) groups excluding carboxylic acids is 2. The molecule has 7 heteroatoms. The third-order valence-electron chi connectivity index (χ3n) is 6.78. The number of hydrazone groups is 1. The van der Waals surface area contributed by atoms with E-state index in [2.05, 4.69) is 17.3 Å². The highest BCUT2D eigenvalue weighted by atomic mass is 35.5. The van der Waals surface area contributed by atoms with Gasteiger partial charge in [0.2, 0.25) is 0 Å². The molecule has 29 heavy (non-hydrogen) atoms. The number of nitrogens with zero attached hydrogens (tertiary/aromatic N) is 2. The Kier molecular flexibility index (Phi) is 3.66. The average Bonchev–Trinajstić information content (AvgIpc) is 3.36. The van der Waals surface area contributed by atoms with Crippen molar-refractivity contribution in [2.24, 2.45) is 40.6 Å². The summed E-state index contributed by atoms with van der Waals surface area (Å²) in [4.78, 5) is 25.9. The van der Waals surface area contributed by atoms with Gasteiger partial charge in [-0.25, -0.2) is 0 Å². The zero-order valence-corrected chi connectivity index (χ0v) is 16.7. The minimum atomic E-state index is -0.254. The number of furan rings is 1. The normalized spacial score (nSPS) is 34.2. The van der Waals surface area contributed by atoms with Crippen molar-refractivity contribution < 1.29 is 14.0 Å². The van der Waals surface area contributed by atoms with Crippen LogP contribution in [0.5, 0.6) is 0 Å². The highest BCUT2D eigenvalue weighted by Crippen LogP contribution is 2.65. The van der Waals surface area contributed by atoms with Gasteiger partial charge in [-0.15, -0.1) is 0 Å². The van der Waals surface area contributed by atoms with Crippen molar-refractivity contribution in [3.8, 4) is 11.3 Å². The molecule has 2 aromatic rings. The predicted molar refractivity (Wildman–Crippen MR) is 108 cm³/mol. The van der Waals surface area contributed by atoms with Crippen molar-refractivity contribution in [2.75, 3.05) is 0 Å². The lowest BCUT2D eigenvalue weighted by Gasteiger charge is -2.37. The Balaban J connectivity index is 1.26. The van der Waals surface area contributed by atoms with Gasteiger partial charge in [-0.3, -0.25) is 9.59 Å². The molecule has 146 valence electrons. The van der Waals surface area contributed by atoms with Crippen LogP contribution in [0.1, 0.15) is 12.2 Å². The van der Waals surface area contributed by atoms with E-state index in [-0.39, 0.29) is 35.5 Å². The molecule has 0 spiro atoms. The summed E-state index contributed by atoms with van der Waals surface area (Å²) in [6.07, 6.45) is 6.84. The Labute approximate surface area is 177 Å². The summed E-state index contributed by atoms with van der Waals surface area (Å²) in [5.41, 5.74) is 0.667. The fraction of sp³-hybridized carbons (Fsp3) is 0.318. The van der Waals surface area contributed by atoms with Crippen LogP contribution in [-0.4, -0.2) is 23.0 Å². The molecule has 0 N–H and O–H groups in total. The molecule has 1 aromatic heterocycles. The molecule has 1 saturated heterocycles. The Morgan fingerprint density at radius 3 is 2.38 bits per heavy atom.